The second-order valence-corrected chi connectivity index (χ2v) is 4.58. The van der Waals surface area contributed by atoms with Gasteiger partial charge in [0, 0.05) is 19.2 Å². The Morgan fingerprint density at radius 2 is 2.00 bits per heavy atom. The number of hydrogen-bond donors (Lipinski definition) is 0. The van der Waals surface area contributed by atoms with Crippen LogP contribution in [-0.4, -0.2) is 37.4 Å². The molecule has 0 N–H and O–H groups in total. The molecular weight excluding hydrogens is 256 g/mol. The second kappa shape index (κ2) is 7.55. The number of ether oxygens (including phenoxy) is 2. The molecular formula is C15H20N2O3. The fourth-order valence-electron chi connectivity index (χ4n) is 1.93. The summed E-state index contributed by atoms with van der Waals surface area (Å²) in [5, 5.41) is 3.89. The first-order chi connectivity index (χ1) is 9.79. The number of rotatable bonds is 8. The maximum Gasteiger partial charge on any atom is 0.161 e. The number of nitrogens with zero attached hydrogens (tertiary/aromatic N) is 2. The topological polar surface area (TPSA) is 47.7 Å². The first-order valence-corrected chi connectivity index (χ1v) is 6.63. The summed E-state index contributed by atoms with van der Waals surface area (Å²) < 4.78 is 15.8. The van der Waals surface area contributed by atoms with Crippen LogP contribution in [0.2, 0.25) is 0 Å². The lowest BCUT2D eigenvalue weighted by atomic mass is 10.3. The highest BCUT2D eigenvalue weighted by Crippen LogP contribution is 2.25. The molecule has 0 unspecified atom stereocenters. The van der Waals surface area contributed by atoms with Crippen LogP contribution in [0.5, 0.6) is 11.5 Å². The van der Waals surface area contributed by atoms with Crippen molar-refractivity contribution in [2.75, 3.05) is 27.3 Å². The number of aromatic nitrogens is 1. The van der Waals surface area contributed by atoms with Gasteiger partial charge in [0.2, 0.25) is 0 Å². The highest BCUT2D eigenvalue weighted by Gasteiger charge is 2.04. The van der Waals surface area contributed by atoms with Crippen molar-refractivity contribution in [3.05, 3.63) is 42.3 Å². The van der Waals surface area contributed by atoms with Gasteiger partial charge in [0.15, 0.2) is 11.5 Å². The van der Waals surface area contributed by atoms with E-state index in [-0.39, 0.29) is 0 Å². The molecule has 108 valence electrons. The van der Waals surface area contributed by atoms with Crippen LogP contribution in [0.15, 0.2) is 41.1 Å². The van der Waals surface area contributed by atoms with Gasteiger partial charge in [-0.15, -0.1) is 0 Å². The molecule has 0 radical (unpaired) electrons. The monoisotopic (exact) mass is 276 g/mol. The Labute approximate surface area is 119 Å². The van der Waals surface area contributed by atoms with Crippen molar-refractivity contribution >= 4 is 0 Å². The zero-order valence-electron chi connectivity index (χ0n) is 11.9. The maximum atomic E-state index is 5.73. The van der Waals surface area contributed by atoms with E-state index in [4.69, 9.17) is 14.0 Å². The van der Waals surface area contributed by atoms with E-state index in [2.05, 4.69) is 17.1 Å². The van der Waals surface area contributed by atoms with E-state index in [1.165, 1.54) is 0 Å². The molecule has 0 amide bonds. The molecule has 5 heteroatoms. The average molecular weight is 276 g/mol. The van der Waals surface area contributed by atoms with Crippen LogP contribution in [0.3, 0.4) is 0 Å². The third-order valence-electron chi connectivity index (χ3n) is 2.93. The Morgan fingerprint density at radius 3 is 2.70 bits per heavy atom. The lowest BCUT2D eigenvalue weighted by Gasteiger charge is -2.15. The van der Waals surface area contributed by atoms with Gasteiger partial charge in [0.1, 0.15) is 6.26 Å². The van der Waals surface area contributed by atoms with Crippen LogP contribution in [-0.2, 0) is 6.54 Å². The van der Waals surface area contributed by atoms with Crippen LogP contribution < -0.4 is 9.47 Å². The minimum atomic E-state index is 0.656. The lowest BCUT2D eigenvalue weighted by Crippen LogP contribution is -2.21. The summed E-state index contributed by atoms with van der Waals surface area (Å²) in [7, 11) is 3.70. The van der Waals surface area contributed by atoms with Gasteiger partial charge in [-0.05, 0) is 25.6 Å². The molecule has 0 spiro atoms. The van der Waals surface area contributed by atoms with E-state index in [1.807, 2.05) is 30.3 Å². The predicted octanol–water partition coefficient (Wildman–Crippen LogP) is 2.58. The van der Waals surface area contributed by atoms with Crippen molar-refractivity contribution in [1.82, 2.24) is 10.1 Å². The molecule has 1 aromatic heterocycles. The van der Waals surface area contributed by atoms with Crippen LogP contribution in [0.1, 0.15) is 12.1 Å². The lowest BCUT2D eigenvalue weighted by molar-refractivity contribution is 0.247. The largest absolute Gasteiger partial charge is 0.493 e. The zero-order valence-corrected chi connectivity index (χ0v) is 11.9. The fraction of sp³-hybridized carbons (Fsp3) is 0.400. The molecule has 0 aliphatic carbocycles. The molecule has 0 aliphatic heterocycles. The number of benzene rings is 1. The fourth-order valence-corrected chi connectivity index (χ4v) is 1.93. The molecule has 0 aliphatic rings. The number of para-hydroxylation sites is 2. The van der Waals surface area contributed by atoms with Gasteiger partial charge in [-0.1, -0.05) is 17.3 Å². The van der Waals surface area contributed by atoms with Gasteiger partial charge in [0.25, 0.3) is 0 Å². The third kappa shape index (κ3) is 4.28. The number of hydrogen-bond acceptors (Lipinski definition) is 5. The molecule has 5 nitrogen and oxygen atoms in total. The average Bonchev–Trinajstić information content (AvgIpc) is 2.97. The summed E-state index contributed by atoms with van der Waals surface area (Å²) in [5.74, 6) is 1.55. The van der Waals surface area contributed by atoms with Gasteiger partial charge < -0.3 is 18.9 Å². The van der Waals surface area contributed by atoms with Crippen molar-refractivity contribution in [2.45, 2.75) is 13.0 Å². The van der Waals surface area contributed by atoms with E-state index in [0.717, 1.165) is 36.7 Å². The van der Waals surface area contributed by atoms with Crippen molar-refractivity contribution in [3.8, 4) is 11.5 Å². The van der Waals surface area contributed by atoms with E-state index in [9.17, 15) is 0 Å². The predicted molar refractivity (Wildman–Crippen MR) is 75.9 cm³/mol. The number of methoxy groups -OCH3 is 1. The first-order valence-electron chi connectivity index (χ1n) is 6.63. The van der Waals surface area contributed by atoms with E-state index in [1.54, 1.807) is 13.4 Å². The van der Waals surface area contributed by atoms with Crippen molar-refractivity contribution in [3.63, 3.8) is 0 Å². The quantitative estimate of drug-likeness (QED) is 0.694. The molecule has 1 heterocycles. The Bertz CT molecular complexity index is 500. The van der Waals surface area contributed by atoms with Crippen molar-refractivity contribution in [1.29, 1.82) is 0 Å². The second-order valence-electron chi connectivity index (χ2n) is 4.58. The van der Waals surface area contributed by atoms with Gasteiger partial charge in [-0.25, -0.2) is 0 Å². The summed E-state index contributed by atoms with van der Waals surface area (Å²) in [6.07, 6.45) is 2.53. The molecule has 0 bridgehead atoms. The van der Waals surface area contributed by atoms with Crippen molar-refractivity contribution < 1.29 is 14.0 Å². The summed E-state index contributed by atoms with van der Waals surface area (Å²) in [6.45, 7) is 2.37. The maximum absolute atomic E-state index is 5.73. The van der Waals surface area contributed by atoms with Crippen LogP contribution in [0, 0.1) is 0 Å². The molecule has 2 rings (SSSR count). The SMILES string of the molecule is COc1ccccc1OCCCN(C)Cc1ccon1. The summed E-state index contributed by atoms with van der Waals surface area (Å²) in [5.41, 5.74) is 0.943. The molecule has 0 atom stereocenters. The smallest absolute Gasteiger partial charge is 0.161 e. The molecule has 20 heavy (non-hydrogen) atoms. The van der Waals surface area contributed by atoms with E-state index < -0.39 is 0 Å². The molecule has 0 saturated heterocycles. The summed E-state index contributed by atoms with van der Waals surface area (Å²) in [4.78, 5) is 2.18. The highest BCUT2D eigenvalue weighted by molar-refractivity contribution is 5.39. The summed E-state index contributed by atoms with van der Waals surface area (Å²) >= 11 is 0. The van der Waals surface area contributed by atoms with Crippen LogP contribution >= 0.6 is 0 Å². The van der Waals surface area contributed by atoms with Gasteiger partial charge in [-0.2, -0.15) is 0 Å². The Morgan fingerprint density at radius 1 is 1.20 bits per heavy atom. The molecule has 0 saturated carbocycles. The van der Waals surface area contributed by atoms with Crippen LogP contribution in [0.4, 0.5) is 0 Å². The Hall–Kier alpha value is -2.01. The zero-order chi connectivity index (χ0) is 14.2. The van der Waals surface area contributed by atoms with Gasteiger partial charge in [-0.3, -0.25) is 0 Å². The minimum Gasteiger partial charge on any atom is -0.493 e. The van der Waals surface area contributed by atoms with Gasteiger partial charge in [0.05, 0.1) is 19.4 Å². The normalized spacial score (nSPS) is 10.8. The first kappa shape index (κ1) is 14.4. The van der Waals surface area contributed by atoms with E-state index >= 15 is 0 Å². The van der Waals surface area contributed by atoms with Crippen LogP contribution in [0.25, 0.3) is 0 Å². The molecule has 1 aromatic carbocycles. The Balaban J connectivity index is 1.68. The standard InChI is InChI=1S/C15H20N2O3/c1-17(12-13-8-11-20-16-13)9-5-10-19-15-7-4-3-6-14(15)18-2/h3-4,6-8,11H,5,9-10,12H2,1-2H3. The van der Waals surface area contributed by atoms with Crippen molar-refractivity contribution in [2.24, 2.45) is 0 Å². The third-order valence-corrected chi connectivity index (χ3v) is 2.93. The highest BCUT2D eigenvalue weighted by atomic mass is 16.5. The summed E-state index contributed by atoms with van der Waals surface area (Å²) in [6, 6.07) is 9.55. The Kier molecular flexibility index (Phi) is 5.43. The van der Waals surface area contributed by atoms with Gasteiger partial charge >= 0.3 is 0 Å². The molecule has 2 aromatic rings. The van der Waals surface area contributed by atoms with E-state index in [0.29, 0.717) is 6.61 Å². The molecule has 0 fully saturated rings. The minimum absolute atomic E-state index is 0.656.